The van der Waals surface area contributed by atoms with E-state index in [-0.39, 0.29) is 0 Å². The molecule has 68 valence electrons. The molecule has 0 aliphatic heterocycles. The summed E-state index contributed by atoms with van der Waals surface area (Å²) in [7, 11) is 1.25. The Balaban J connectivity index is 4.38. The maximum Gasteiger partial charge on any atom is 0.330 e. The summed E-state index contributed by atoms with van der Waals surface area (Å²) in [5.41, 5.74) is 5.32. The summed E-state index contributed by atoms with van der Waals surface area (Å²) in [5.74, 6) is -1.11. The van der Waals surface area contributed by atoms with Crippen LogP contribution in [0, 0.1) is 0 Å². The normalized spacial score (nSPS) is 11.0. The highest BCUT2D eigenvalue weighted by atomic mass is 16.5. The van der Waals surface area contributed by atoms with Crippen molar-refractivity contribution in [1.29, 1.82) is 0 Å². The molecule has 0 aliphatic carbocycles. The van der Waals surface area contributed by atoms with Gasteiger partial charge in [-0.05, 0) is 6.42 Å². The Morgan fingerprint density at radius 1 is 1.50 bits per heavy atom. The van der Waals surface area contributed by atoms with E-state index in [1.54, 1.807) is 0 Å². The molecule has 0 bridgehead atoms. The minimum absolute atomic E-state index is 0.310. The molecule has 0 aromatic rings. The van der Waals surface area contributed by atoms with Crippen LogP contribution in [0.4, 0.5) is 0 Å². The largest absolute Gasteiger partial charge is 0.466 e. The van der Waals surface area contributed by atoms with Gasteiger partial charge in [0.2, 0.25) is 5.91 Å². The van der Waals surface area contributed by atoms with Crippen LogP contribution in [0.15, 0.2) is 11.6 Å². The molecule has 4 heteroatoms. The Kier molecular flexibility index (Phi) is 4.76. The van der Waals surface area contributed by atoms with Crippen LogP contribution in [0.2, 0.25) is 0 Å². The van der Waals surface area contributed by atoms with Crippen molar-refractivity contribution in [1.82, 2.24) is 0 Å². The fraction of sp³-hybridized carbons (Fsp3) is 0.500. The molecule has 0 saturated carbocycles. The van der Waals surface area contributed by atoms with Crippen LogP contribution in [0.25, 0.3) is 0 Å². The van der Waals surface area contributed by atoms with Gasteiger partial charge in [0.25, 0.3) is 0 Å². The molecule has 4 nitrogen and oxygen atoms in total. The van der Waals surface area contributed by atoms with Gasteiger partial charge >= 0.3 is 5.97 Å². The monoisotopic (exact) mass is 171 g/mol. The molecule has 12 heavy (non-hydrogen) atoms. The van der Waals surface area contributed by atoms with Crippen molar-refractivity contribution >= 4 is 11.9 Å². The lowest BCUT2D eigenvalue weighted by Gasteiger charge is -1.99. The van der Waals surface area contributed by atoms with Crippen LogP contribution in [0.3, 0.4) is 0 Å². The summed E-state index contributed by atoms with van der Waals surface area (Å²) >= 11 is 0. The molecule has 0 spiro atoms. The van der Waals surface area contributed by atoms with Gasteiger partial charge in [0.1, 0.15) is 0 Å². The SMILES string of the molecule is CCC/C(=C/C(=O)OC)C(N)=O. The third-order valence-corrected chi connectivity index (χ3v) is 1.33. The molecule has 0 heterocycles. The minimum atomic E-state index is -0.567. The fourth-order valence-corrected chi connectivity index (χ4v) is 0.737. The van der Waals surface area contributed by atoms with Crippen molar-refractivity contribution in [3.63, 3.8) is 0 Å². The summed E-state index contributed by atoms with van der Waals surface area (Å²) in [6, 6.07) is 0. The predicted octanol–water partition coefficient (Wildman–Crippen LogP) is 0.371. The highest BCUT2D eigenvalue weighted by Crippen LogP contribution is 2.03. The molecular formula is C8H13NO3. The number of rotatable bonds is 4. The van der Waals surface area contributed by atoms with Gasteiger partial charge in [-0.3, -0.25) is 4.79 Å². The number of amides is 1. The van der Waals surface area contributed by atoms with Gasteiger partial charge in [0, 0.05) is 11.6 Å². The quantitative estimate of drug-likeness (QED) is 0.490. The number of esters is 1. The van der Waals surface area contributed by atoms with E-state index in [0.717, 1.165) is 12.5 Å². The van der Waals surface area contributed by atoms with E-state index in [1.807, 2.05) is 6.92 Å². The first kappa shape index (κ1) is 10.7. The van der Waals surface area contributed by atoms with Crippen LogP contribution in [0.5, 0.6) is 0 Å². The first-order valence-corrected chi connectivity index (χ1v) is 3.70. The predicted molar refractivity (Wildman–Crippen MR) is 44.2 cm³/mol. The first-order valence-electron chi connectivity index (χ1n) is 3.70. The average Bonchev–Trinajstić information content (AvgIpc) is 2.03. The van der Waals surface area contributed by atoms with E-state index in [4.69, 9.17) is 5.73 Å². The molecule has 0 radical (unpaired) electrons. The number of carbonyl (C=O) groups excluding carboxylic acids is 2. The van der Waals surface area contributed by atoms with Gasteiger partial charge in [0.15, 0.2) is 0 Å². The van der Waals surface area contributed by atoms with E-state index >= 15 is 0 Å². The first-order chi connectivity index (χ1) is 5.61. The Labute approximate surface area is 71.4 Å². The highest BCUT2D eigenvalue weighted by molar-refractivity contribution is 5.98. The Bertz CT molecular complexity index is 208. The summed E-state index contributed by atoms with van der Waals surface area (Å²) < 4.78 is 4.35. The number of hydrogen-bond donors (Lipinski definition) is 1. The van der Waals surface area contributed by atoms with Gasteiger partial charge in [-0.25, -0.2) is 4.79 Å². The lowest BCUT2D eigenvalue weighted by atomic mass is 10.1. The van der Waals surface area contributed by atoms with Crippen molar-refractivity contribution in [2.24, 2.45) is 5.73 Å². The molecule has 0 unspecified atom stereocenters. The summed E-state index contributed by atoms with van der Waals surface area (Å²) in [5, 5.41) is 0. The molecular weight excluding hydrogens is 158 g/mol. The van der Waals surface area contributed by atoms with Crippen LogP contribution < -0.4 is 5.73 Å². The second-order valence-corrected chi connectivity index (χ2v) is 2.31. The molecule has 2 N–H and O–H groups in total. The van der Waals surface area contributed by atoms with Gasteiger partial charge in [-0.2, -0.15) is 0 Å². The zero-order valence-corrected chi connectivity index (χ0v) is 7.29. The zero-order chi connectivity index (χ0) is 9.56. The Morgan fingerprint density at radius 3 is 2.42 bits per heavy atom. The maximum absolute atomic E-state index is 10.7. The van der Waals surface area contributed by atoms with E-state index in [1.165, 1.54) is 7.11 Å². The number of nitrogens with two attached hydrogens (primary N) is 1. The van der Waals surface area contributed by atoms with E-state index in [2.05, 4.69) is 4.74 Å². The molecule has 0 rings (SSSR count). The van der Waals surface area contributed by atoms with Crippen molar-refractivity contribution in [2.75, 3.05) is 7.11 Å². The third-order valence-electron chi connectivity index (χ3n) is 1.33. The van der Waals surface area contributed by atoms with Crippen LogP contribution in [-0.4, -0.2) is 19.0 Å². The molecule has 0 fully saturated rings. The van der Waals surface area contributed by atoms with Gasteiger partial charge in [-0.15, -0.1) is 0 Å². The van der Waals surface area contributed by atoms with Gasteiger partial charge in [0.05, 0.1) is 7.11 Å². The van der Waals surface area contributed by atoms with Gasteiger partial charge in [-0.1, -0.05) is 13.3 Å². The standard InChI is InChI=1S/C8H13NO3/c1-3-4-6(8(9)11)5-7(10)12-2/h5H,3-4H2,1-2H3,(H2,9,11)/b6-5-. The second-order valence-electron chi connectivity index (χ2n) is 2.31. The van der Waals surface area contributed by atoms with E-state index < -0.39 is 11.9 Å². The Morgan fingerprint density at radius 2 is 2.08 bits per heavy atom. The number of ether oxygens (including phenoxy) is 1. The number of methoxy groups -OCH3 is 1. The van der Waals surface area contributed by atoms with Gasteiger partial charge < -0.3 is 10.5 Å². The van der Waals surface area contributed by atoms with Crippen molar-refractivity contribution in [3.8, 4) is 0 Å². The number of carbonyl (C=O) groups is 2. The molecule has 1 amide bonds. The fourth-order valence-electron chi connectivity index (χ4n) is 0.737. The smallest absolute Gasteiger partial charge is 0.330 e. The van der Waals surface area contributed by atoms with Crippen molar-refractivity contribution < 1.29 is 14.3 Å². The van der Waals surface area contributed by atoms with Crippen molar-refractivity contribution in [2.45, 2.75) is 19.8 Å². The lowest BCUT2D eigenvalue weighted by molar-refractivity contribution is -0.135. The number of primary amides is 1. The van der Waals surface area contributed by atoms with Crippen LogP contribution in [0.1, 0.15) is 19.8 Å². The molecule has 0 aromatic heterocycles. The molecule has 0 atom stereocenters. The average molecular weight is 171 g/mol. The van der Waals surface area contributed by atoms with E-state index in [0.29, 0.717) is 12.0 Å². The molecule has 0 aliphatic rings. The summed E-state index contributed by atoms with van der Waals surface area (Å²) in [4.78, 5) is 21.4. The Hall–Kier alpha value is -1.32. The second kappa shape index (κ2) is 5.35. The maximum atomic E-state index is 10.7. The zero-order valence-electron chi connectivity index (χ0n) is 7.29. The third kappa shape index (κ3) is 3.75. The number of hydrogen-bond acceptors (Lipinski definition) is 3. The van der Waals surface area contributed by atoms with Crippen LogP contribution >= 0.6 is 0 Å². The summed E-state index contributed by atoms with van der Waals surface area (Å²) in [6.07, 6.45) is 2.40. The topological polar surface area (TPSA) is 69.4 Å². The van der Waals surface area contributed by atoms with Crippen LogP contribution in [-0.2, 0) is 14.3 Å². The minimum Gasteiger partial charge on any atom is -0.466 e. The molecule has 0 aromatic carbocycles. The summed E-state index contributed by atoms with van der Waals surface area (Å²) in [6.45, 7) is 1.90. The van der Waals surface area contributed by atoms with Crippen molar-refractivity contribution in [3.05, 3.63) is 11.6 Å². The highest BCUT2D eigenvalue weighted by Gasteiger charge is 2.06. The lowest BCUT2D eigenvalue weighted by Crippen LogP contribution is -2.15. The van der Waals surface area contributed by atoms with E-state index in [9.17, 15) is 9.59 Å². The molecule has 0 saturated heterocycles.